The number of allylic oxidation sites excluding steroid dienone is 4. The van der Waals surface area contributed by atoms with Gasteiger partial charge in [-0.3, -0.25) is 9.59 Å². The maximum Gasteiger partial charge on any atom is 0.185 e. The lowest BCUT2D eigenvalue weighted by Gasteiger charge is -2.25. The lowest BCUT2D eigenvalue weighted by Crippen LogP contribution is -2.23. The summed E-state index contributed by atoms with van der Waals surface area (Å²) in [7, 11) is 0. The van der Waals surface area contributed by atoms with Crippen LogP contribution in [0.15, 0.2) is 22.3 Å². The molecule has 2 unspecified atom stereocenters. The quantitative estimate of drug-likeness (QED) is 0.179. The first kappa shape index (κ1) is 29.1. The normalized spacial score (nSPS) is 19.1. The van der Waals surface area contributed by atoms with E-state index in [0.29, 0.717) is 28.7 Å². The molecule has 0 radical (unpaired) electrons. The molecule has 1 rings (SSSR count). The zero-order valence-electron chi connectivity index (χ0n) is 22.2. The number of alkyl halides is 1. The fraction of sp³-hybridized carbons (Fsp3) is 0.793. The first-order chi connectivity index (χ1) is 14.9. The fourth-order valence-electron chi connectivity index (χ4n) is 4.76. The summed E-state index contributed by atoms with van der Waals surface area (Å²) in [5, 5.41) is 0. The zero-order valence-corrected chi connectivity index (χ0v) is 23.0. The average molecular weight is 465 g/mol. The standard InChI is InChI=1S/C29H49ClO2/c1-20(2)12-9-13-21(3)14-10-15-22(4)16-11-18-29(8,30)19-17-26-25(7)27(31)23(5)24(6)28(26)32/h20-22H,9-19H2,1-8H3/t21?,22?,29-/m1/s1. The van der Waals surface area contributed by atoms with Gasteiger partial charge < -0.3 is 0 Å². The maximum atomic E-state index is 12.6. The van der Waals surface area contributed by atoms with Crippen LogP contribution in [0.25, 0.3) is 0 Å². The smallest absolute Gasteiger partial charge is 0.185 e. The molecule has 184 valence electrons. The zero-order chi connectivity index (χ0) is 24.5. The predicted octanol–water partition coefficient (Wildman–Crippen LogP) is 9.01. The number of hydrogen-bond acceptors (Lipinski definition) is 2. The molecule has 0 aliphatic heterocycles. The van der Waals surface area contributed by atoms with Gasteiger partial charge in [-0.2, -0.15) is 0 Å². The minimum Gasteiger partial charge on any atom is -0.289 e. The molecule has 0 aromatic rings. The molecule has 0 saturated carbocycles. The molecule has 0 N–H and O–H groups in total. The van der Waals surface area contributed by atoms with Gasteiger partial charge in [0.15, 0.2) is 11.6 Å². The number of carbonyl (C=O) groups is 2. The van der Waals surface area contributed by atoms with Crippen molar-refractivity contribution in [3.05, 3.63) is 22.3 Å². The van der Waals surface area contributed by atoms with Crippen LogP contribution >= 0.6 is 11.6 Å². The summed E-state index contributed by atoms with van der Waals surface area (Å²) in [5.41, 5.74) is 2.46. The summed E-state index contributed by atoms with van der Waals surface area (Å²) >= 11 is 6.82. The van der Waals surface area contributed by atoms with E-state index in [0.717, 1.165) is 37.0 Å². The first-order valence-corrected chi connectivity index (χ1v) is 13.4. The van der Waals surface area contributed by atoms with Crippen LogP contribution in [0.3, 0.4) is 0 Å². The molecule has 2 nitrogen and oxygen atoms in total. The first-order valence-electron chi connectivity index (χ1n) is 13.0. The molecule has 0 bridgehead atoms. The highest BCUT2D eigenvalue weighted by molar-refractivity contribution is 6.25. The Morgan fingerprint density at radius 3 is 1.69 bits per heavy atom. The summed E-state index contributed by atoms with van der Waals surface area (Å²) in [5.74, 6) is 2.45. The van der Waals surface area contributed by atoms with Crippen LogP contribution < -0.4 is 0 Å². The number of ketones is 2. The third-order valence-corrected chi connectivity index (χ3v) is 7.85. The average Bonchev–Trinajstić information content (AvgIpc) is 2.70. The van der Waals surface area contributed by atoms with Crippen molar-refractivity contribution < 1.29 is 9.59 Å². The Bertz CT molecular complexity index is 696. The van der Waals surface area contributed by atoms with Gasteiger partial charge in [-0.15, -0.1) is 11.6 Å². The Morgan fingerprint density at radius 2 is 1.16 bits per heavy atom. The molecule has 3 heteroatoms. The van der Waals surface area contributed by atoms with E-state index in [1.807, 2.05) is 0 Å². The van der Waals surface area contributed by atoms with Gasteiger partial charge in [0.25, 0.3) is 0 Å². The van der Waals surface area contributed by atoms with Gasteiger partial charge in [-0.1, -0.05) is 79.1 Å². The van der Waals surface area contributed by atoms with E-state index in [-0.39, 0.29) is 16.4 Å². The minimum absolute atomic E-state index is 0.0106. The van der Waals surface area contributed by atoms with Crippen LogP contribution in [0.4, 0.5) is 0 Å². The van der Waals surface area contributed by atoms with Crippen molar-refractivity contribution >= 4 is 23.2 Å². The summed E-state index contributed by atoms with van der Waals surface area (Å²) in [6.45, 7) is 16.8. The van der Waals surface area contributed by atoms with Gasteiger partial charge in [0.05, 0.1) is 0 Å². The second-order valence-corrected chi connectivity index (χ2v) is 12.2. The van der Waals surface area contributed by atoms with Gasteiger partial charge in [0.1, 0.15) is 0 Å². The molecule has 0 amide bonds. The van der Waals surface area contributed by atoms with Crippen LogP contribution in [0.5, 0.6) is 0 Å². The Kier molecular flexibility index (Phi) is 12.5. The van der Waals surface area contributed by atoms with Gasteiger partial charge in [-0.05, 0) is 64.7 Å². The number of Topliss-reactive ketones (excluding diaryl/α,β-unsaturated/α-hetero) is 2. The van der Waals surface area contributed by atoms with Gasteiger partial charge >= 0.3 is 0 Å². The van der Waals surface area contributed by atoms with Gasteiger partial charge in [-0.25, -0.2) is 0 Å². The Balaban J connectivity index is 2.32. The molecule has 0 aromatic heterocycles. The number of hydrogen-bond donors (Lipinski definition) is 0. The van der Waals surface area contributed by atoms with E-state index in [9.17, 15) is 9.59 Å². The molecule has 0 heterocycles. The maximum absolute atomic E-state index is 12.6. The van der Waals surface area contributed by atoms with E-state index in [2.05, 4.69) is 34.6 Å². The minimum atomic E-state index is -0.328. The van der Waals surface area contributed by atoms with Crippen molar-refractivity contribution in [2.75, 3.05) is 0 Å². The summed E-state index contributed by atoms with van der Waals surface area (Å²) < 4.78 is 0. The van der Waals surface area contributed by atoms with Crippen LogP contribution in [0, 0.1) is 17.8 Å². The van der Waals surface area contributed by atoms with Crippen molar-refractivity contribution in [1.82, 2.24) is 0 Å². The number of halogens is 1. The van der Waals surface area contributed by atoms with E-state index in [1.54, 1.807) is 20.8 Å². The van der Waals surface area contributed by atoms with Crippen molar-refractivity contribution in [3.63, 3.8) is 0 Å². The van der Waals surface area contributed by atoms with Gasteiger partial charge in [0, 0.05) is 27.2 Å². The summed E-state index contributed by atoms with van der Waals surface area (Å²) in [6.07, 6.45) is 12.7. The molecule has 0 spiro atoms. The second kappa shape index (κ2) is 13.7. The van der Waals surface area contributed by atoms with E-state index < -0.39 is 0 Å². The van der Waals surface area contributed by atoms with E-state index in [4.69, 9.17) is 11.6 Å². The van der Waals surface area contributed by atoms with Gasteiger partial charge in [0.2, 0.25) is 0 Å². The van der Waals surface area contributed by atoms with Crippen LogP contribution in [-0.2, 0) is 9.59 Å². The van der Waals surface area contributed by atoms with Crippen LogP contribution in [0.2, 0.25) is 0 Å². The summed E-state index contributed by atoms with van der Waals surface area (Å²) in [4.78, 5) is 24.7. The molecule has 0 saturated heterocycles. The predicted molar refractivity (Wildman–Crippen MR) is 139 cm³/mol. The monoisotopic (exact) mass is 464 g/mol. The summed E-state index contributed by atoms with van der Waals surface area (Å²) in [6, 6.07) is 0. The largest absolute Gasteiger partial charge is 0.289 e. The molecule has 0 fully saturated rings. The van der Waals surface area contributed by atoms with E-state index in [1.165, 1.54) is 44.9 Å². The lowest BCUT2D eigenvalue weighted by atomic mass is 9.82. The highest BCUT2D eigenvalue weighted by Crippen LogP contribution is 2.34. The molecule has 32 heavy (non-hydrogen) atoms. The molecule has 1 aliphatic rings. The molecule has 0 aromatic carbocycles. The SMILES string of the molecule is CC1=C(C)C(=O)C(CC[C@](C)(Cl)CCCC(C)CCCC(C)CCCC(C)C)=C(C)C1=O. The number of carbonyl (C=O) groups excluding carboxylic acids is 2. The Hall–Kier alpha value is -0.890. The van der Waals surface area contributed by atoms with Crippen LogP contribution in [-0.4, -0.2) is 16.4 Å². The topological polar surface area (TPSA) is 34.1 Å². The number of rotatable bonds is 15. The van der Waals surface area contributed by atoms with Crippen molar-refractivity contribution in [3.8, 4) is 0 Å². The highest BCUT2D eigenvalue weighted by atomic mass is 35.5. The highest BCUT2D eigenvalue weighted by Gasteiger charge is 2.29. The molecule has 1 aliphatic carbocycles. The van der Waals surface area contributed by atoms with E-state index >= 15 is 0 Å². The van der Waals surface area contributed by atoms with Crippen LogP contribution in [0.1, 0.15) is 126 Å². The second-order valence-electron chi connectivity index (χ2n) is 11.3. The van der Waals surface area contributed by atoms with Crippen molar-refractivity contribution in [2.45, 2.75) is 131 Å². The third-order valence-electron chi connectivity index (χ3n) is 7.47. The Labute approximate surface area is 203 Å². The third kappa shape index (κ3) is 9.94. The molecule has 3 atom stereocenters. The Morgan fingerprint density at radius 1 is 0.688 bits per heavy atom. The van der Waals surface area contributed by atoms with Crippen molar-refractivity contribution in [1.29, 1.82) is 0 Å². The fourth-order valence-corrected chi connectivity index (χ4v) is 4.99. The molecular formula is C29H49ClO2. The van der Waals surface area contributed by atoms with Crippen molar-refractivity contribution in [2.24, 2.45) is 17.8 Å². The lowest BCUT2D eigenvalue weighted by molar-refractivity contribution is -0.116. The molecular weight excluding hydrogens is 416 g/mol.